The van der Waals surface area contributed by atoms with Crippen molar-refractivity contribution >= 4 is 23.3 Å². The number of aromatic amines is 1. The van der Waals surface area contributed by atoms with Crippen LogP contribution in [0.2, 0.25) is 5.02 Å². The Labute approximate surface area is 109 Å². The molecule has 1 aromatic carbocycles. The molecule has 0 aliphatic carbocycles. The Bertz CT molecular complexity index is 553. The van der Waals surface area contributed by atoms with Gasteiger partial charge in [-0.1, -0.05) is 23.7 Å². The van der Waals surface area contributed by atoms with Crippen molar-refractivity contribution in [1.82, 2.24) is 15.5 Å². The quantitative estimate of drug-likeness (QED) is 0.785. The Balaban J connectivity index is 1.84. The van der Waals surface area contributed by atoms with Crippen LogP contribution in [0.1, 0.15) is 16.1 Å². The van der Waals surface area contributed by atoms with E-state index in [1.54, 1.807) is 0 Å². The fraction of sp³-hybridized carbons (Fsp3) is 0.167. The summed E-state index contributed by atoms with van der Waals surface area (Å²) < 4.78 is 0. The molecule has 0 saturated carbocycles. The van der Waals surface area contributed by atoms with Crippen LogP contribution in [0.15, 0.2) is 30.3 Å². The van der Waals surface area contributed by atoms with Crippen molar-refractivity contribution in [3.05, 3.63) is 46.6 Å². The number of halogens is 1. The predicted molar refractivity (Wildman–Crippen MR) is 70.5 cm³/mol. The van der Waals surface area contributed by atoms with Crippen LogP contribution in [0.25, 0.3) is 0 Å². The van der Waals surface area contributed by atoms with Crippen LogP contribution in [0.3, 0.4) is 0 Å². The van der Waals surface area contributed by atoms with E-state index in [0.29, 0.717) is 23.1 Å². The van der Waals surface area contributed by atoms with Gasteiger partial charge in [-0.3, -0.25) is 9.89 Å². The normalized spacial score (nSPS) is 10.3. The van der Waals surface area contributed by atoms with E-state index < -0.39 is 0 Å². The fourth-order valence-electron chi connectivity index (χ4n) is 1.56. The number of anilines is 1. The van der Waals surface area contributed by atoms with Gasteiger partial charge in [0, 0.05) is 17.6 Å². The summed E-state index contributed by atoms with van der Waals surface area (Å²) in [6.07, 6.45) is 0.718. The molecule has 4 N–H and O–H groups in total. The molecule has 5 nitrogen and oxygen atoms in total. The average molecular weight is 265 g/mol. The summed E-state index contributed by atoms with van der Waals surface area (Å²) in [5, 5.41) is 9.71. The van der Waals surface area contributed by atoms with Gasteiger partial charge in [-0.15, -0.1) is 0 Å². The lowest BCUT2D eigenvalue weighted by atomic mass is 10.1. The molecule has 1 heterocycles. The summed E-state index contributed by atoms with van der Waals surface area (Å²) in [6, 6.07) is 9.04. The van der Waals surface area contributed by atoms with Gasteiger partial charge in [-0.05, 0) is 24.1 Å². The van der Waals surface area contributed by atoms with Crippen LogP contribution in [-0.2, 0) is 6.42 Å². The number of carbonyl (C=O) groups excluding carboxylic acids is 1. The highest BCUT2D eigenvalue weighted by molar-refractivity contribution is 6.30. The van der Waals surface area contributed by atoms with Gasteiger partial charge in [0.2, 0.25) is 0 Å². The van der Waals surface area contributed by atoms with Gasteiger partial charge in [-0.25, -0.2) is 0 Å². The second-order valence-electron chi connectivity index (χ2n) is 3.84. The summed E-state index contributed by atoms with van der Waals surface area (Å²) in [4.78, 5) is 11.7. The van der Waals surface area contributed by atoms with E-state index in [1.807, 2.05) is 24.3 Å². The van der Waals surface area contributed by atoms with Crippen molar-refractivity contribution in [1.29, 1.82) is 0 Å². The Morgan fingerprint density at radius 1 is 1.44 bits per heavy atom. The minimum atomic E-state index is -0.221. The van der Waals surface area contributed by atoms with E-state index >= 15 is 0 Å². The van der Waals surface area contributed by atoms with Crippen LogP contribution < -0.4 is 11.1 Å². The van der Waals surface area contributed by atoms with E-state index in [4.69, 9.17) is 17.3 Å². The van der Waals surface area contributed by atoms with Crippen LogP contribution in [0, 0.1) is 0 Å². The molecule has 0 fully saturated rings. The minimum Gasteiger partial charge on any atom is -0.382 e. The fourth-order valence-corrected chi connectivity index (χ4v) is 1.77. The predicted octanol–water partition coefficient (Wildman–Crippen LogP) is 1.62. The van der Waals surface area contributed by atoms with E-state index in [-0.39, 0.29) is 5.91 Å². The molecular weight excluding hydrogens is 252 g/mol. The molecule has 2 rings (SSSR count). The maximum absolute atomic E-state index is 11.7. The molecule has 0 aliphatic heterocycles. The third-order valence-corrected chi connectivity index (χ3v) is 2.67. The van der Waals surface area contributed by atoms with Crippen molar-refractivity contribution in [3.63, 3.8) is 0 Å². The lowest BCUT2D eigenvalue weighted by Gasteiger charge is -2.04. The molecule has 1 aromatic heterocycles. The van der Waals surface area contributed by atoms with Gasteiger partial charge in [0.25, 0.3) is 5.91 Å². The average Bonchev–Trinajstić information content (AvgIpc) is 2.76. The van der Waals surface area contributed by atoms with Crippen LogP contribution in [0.5, 0.6) is 0 Å². The first-order chi connectivity index (χ1) is 8.65. The molecule has 0 radical (unpaired) electrons. The Morgan fingerprint density at radius 2 is 2.28 bits per heavy atom. The van der Waals surface area contributed by atoms with Gasteiger partial charge >= 0.3 is 0 Å². The molecule has 0 atom stereocenters. The van der Waals surface area contributed by atoms with Gasteiger partial charge in [0.1, 0.15) is 11.5 Å². The lowest BCUT2D eigenvalue weighted by Crippen LogP contribution is -2.26. The molecule has 0 unspecified atom stereocenters. The van der Waals surface area contributed by atoms with Crippen LogP contribution >= 0.6 is 11.6 Å². The van der Waals surface area contributed by atoms with Crippen molar-refractivity contribution in [2.24, 2.45) is 0 Å². The summed E-state index contributed by atoms with van der Waals surface area (Å²) >= 11 is 5.87. The molecule has 0 bridgehead atoms. The number of aromatic nitrogens is 2. The third kappa shape index (κ3) is 3.24. The molecular formula is C12H13ClN4O. The second-order valence-corrected chi connectivity index (χ2v) is 4.28. The van der Waals surface area contributed by atoms with Crippen LogP contribution in [-0.4, -0.2) is 22.6 Å². The molecule has 1 amide bonds. The molecule has 0 saturated heterocycles. The zero-order valence-corrected chi connectivity index (χ0v) is 10.4. The molecule has 94 valence electrons. The first-order valence-electron chi connectivity index (χ1n) is 5.48. The third-order valence-electron chi connectivity index (χ3n) is 2.43. The molecule has 2 aromatic rings. The number of rotatable bonds is 4. The molecule has 0 aliphatic rings. The van der Waals surface area contributed by atoms with Crippen molar-refractivity contribution in [2.75, 3.05) is 12.3 Å². The topological polar surface area (TPSA) is 83.8 Å². The second kappa shape index (κ2) is 5.55. The Morgan fingerprint density at radius 3 is 2.94 bits per heavy atom. The number of hydrogen-bond acceptors (Lipinski definition) is 3. The maximum atomic E-state index is 11.7. The monoisotopic (exact) mass is 264 g/mol. The number of carbonyl (C=O) groups is 1. The Hall–Kier alpha value is -2.01. The van der Waals surface area contributed by atoms with Crippen molar-refractivity contribution in [2.45, 2.75) is 6.42 Å². The van der Waals surface area contributed by atoms with E-state index in [1.165, 1.54) is 6.07 Å². The number of nitrogens with one attached hydrogen (secondary N) is 2. The van der Waals surface area contributed by atoms with Gasteiger partial charge in [-0.2, -0.15) is 5.10 Å². The zero-order chi connectivity index (χ0) is 13.0. The van der Waals surface area contributed by atoms with Gasteiger partial charge in [0.15, 0.2) is 0 Å². The number of H-pyrrole nitrogens is 1. The van der Waals surface area contributed by atoms with E-state index in [0.717, 1.165) is 12.0 Å². The number of nitrogens with two attached hydrogens (primary N) is 1. The number of benzene rings is 1. The lowest BCUT2D eigenvalue weighted by molar-refractivity contribution is 0.0949. The number of nitrogens with zero attached hydrogens (tertiary/aromatic N) is 1. The molecule has 18 heavy (non-hydrogen) atoms. The van der Waals surface area contributed by atoms with Crippen molar-refractivity contribution < 1.29 is 4.79 Å². The minimum absolute atomic E-state index is 0.221. The first-order valence-corrected chi connectivity index (χ1v) is 5.86. The standard InChI is InChI=1S/C12H13ClN4O/c13-9-3-1-2-8(6-9)4-5-15-12(18)10-7-11(14)17-16-10/h1-3,6-7H,4-5H2,(H,15,18)(H3,14,16,17). The molecule has 0 spiro atoms. The summed E-state index contributed by atoms with van der Waals surface area (Å²) in [5.41, 5.74) is 6.85. The van der Waals surface area contributed by atoms with E-state index in [2.05, 4.69) is 15.5 Å². The highest BCUT2D eigenvalue weighted by Crippen LogP contribution is 2.10. The number of amides is 1. The van der Waals surface area contributed by atoms with Gasteiger partial charge < -0.3 is 11.1 Å². The summed E-state index contributed by atoms with van der Waals surface area (Å²) in [6.45, 7) is 0.526. The largest absolute Gasteiger partial charge is 0.382 e. The smallest absolute Gasteiger partial charge is 0.269 e. The van der Waals surface area contributed by atoms with Crippen molar-refractivity contribution in [3.8, 4) is 0 Å². The zero-order valence-electron chi connectivity index (χ0n) is 9.61. The first kappa shape index (κ1) is 12.4. The Kier molecular flexibility index (Phi) is 3.84. The number of hydrogen-bond donors (Lipinski definition) is 3. The summed E-state index contributed by atoms with van der Waals surface area (Å²) in [5.74, 6) is 0.0798. The highest BCUT2D eigenvalue weighted by atomic mass is 35.5. The summed E-state index contributed by atoms with van der Waals surface area (Å²) in [7, 11) is 0. The maximum Gasteiger partial charge on any atom is 0.269 e. The highest BCUT2D eigenvalue weighted by Gasteiger charge is 2.07. The number of nitrogen functional groups attached to an aromatic ring is 1. The molecule has 6 heteroatoms. The van der Waals surface area contributed by atoms with Gasteiger partial charge in [0.05, 0.1) is 0 Å². The van der Waals surface area contributed by atoms with E-state index in [9.17, 15) is 4.79 Å². The van der Waals surface area contributed by atoms with Crippen LogP contribution in [0.4, 0.5) is 5.82 Å². The SMILES string of the molecule is Nc1cc(C(=O)NCCc2cccc(Cl)c2)[nH]n1.